The zero-order chi connectivity index (χ0) is 8.27. The summed E-state index contributed by atoms with van der Waals surface area (Å²) in [6.45, 7) is 6.37. The second kappa shape index (κ2) is 3.39. The first-order valence-electron chi connectivity index (χ1n) is 3.51. The first-order chi connectivity index (χ1) is 5.20. The number of allylic oxidation sites excluding steroid dienone is 1. The summed E-state index contributed by atoms with van der Waals surface area (Å²) >= 11 is 0. The molecule has 1 fully saturated rings. The molecule has 1 heterocycles. The van der Waals surface area contributed by atoms with Crippen LogP contribution in [0.15, 0.2) is 12.3 Å². The van der Waals surface area contributed by atoms with Crippen molar-refractivity contribution in [2.45, 2.75) is 6.92 Å². The normalized spacial score (nSPS) is 23.0. The van der Waals surface area contributed by atoms with E-state index in [-0.39, 0.29) is 11.8 Å². The van der Waals surface area contributed by atoms with Crippen molar-refractivity contribution in [1.82, 2.24) is 10.9 Å². The molecule has 1 amide bonds. The Labute approximate surface area is 65.6 Å². The van der Waals surface area contributed by atoms with Gasteiger partial charge < -0.3 is 4.74 Å². The highest BCUT2D eigenvalue weighted by Gasteiger charge is 2.24. The van der Waals surface area contributed by atoms with E-state index < -0.39 is 0 Å². The monoisotopic (exact) mass is 156 g/mol. The van der Waals surface area contributed by atoms with Crippen LogP contribution in [0, 0.1) is 5.92 Å². The summed E-state index contributed by atoms with van der Waals surface area (Å²) in [5, 5.41) is 0. The van der Waals surface area contributed by atoms with Crippen LogP contribution in [0.25, 0.3) is 0 Å². The van der Waals surface area contributed by atoms with Crippen molar-refractivity contribution in [3.8, 4) is 0 Å². The smallest absolute Gasteiger partial charge is 0.242 e. The molecule has 0 aromatic rings. The summed E-state index contributed by atoms with van der Waals surface area (Å²) < 4.78 is 5.10. The molecule has 1 atom stereocenters. The summed E-state index contributed by atoms with van der Waals surface area (Å²) in [4.78, 5) is 10.9. The molecule has 4 nitrogen and oxygen atoms in total. The van der Waals surface area contributed by atoms with Crippen molar-refractivity contribution in [2.24, 2.45) is 5.92 Å². The molecule has 1 saturated heterocycles. The van der Waals surface area contributed by atoms with Gasteiger partial charge in [0, 0.05) is 6.54 Å². The minimum atomic E-state index is -0.0771. The topological polar surface area (TPSA) is 50.4 Å². The lowest BCUT2D eigenvalue weighted by Crippen LogP contribution is -2.26. The van der Waals surface area contributed by atoms with Crippen LogP contribution in [0.5, 0.6) is 0 Å². The number of carbonyl (C=O) groups excluding carboxylic acids is 1. The van der Waals surface area contributed by atoms with Crippen LogP contribution in [0.1, 0.15) is 6.92 Å². The average molecular weight is 156 g/mol. The predicted octanol–water partition coefficient (Wildman–Crippen LogP) is -0.213. The van der Waals surface area contributed by atoms with E-state index >= 15 is 0 Å². The van der Waals surface area contributed by atoms with Crippen LogP contribution in [-0.4, -0.2) is 19.1 Å². The maximum absolute atomic E-state index is 10.9. The molecular formula is C7H12N2O2. The molecule has 0 aliphatic carbocycles. The maximum atomic E-state index is 10.9. The van der Waals surface area contributed by atoms with Crippen LogP contribution in [0.3, 0.4) is 0 Å². The summed E-state index contributed by atoms with van der Waals surface area (Å²) in [7, 11) is 0. The van der Waals surface area contributed by atoms with E-state index in [1.807, 2.05) is 0 Å². The highest BCUT2D eigenvalue weighted by molar-refractivity contribution is 5.80. The van der Waals surface area contributed by atoms with Gasteiger partial charge in [0.2, 0.25) is 5.91 Å². The van der Waals surface area contributed by atoms with Gasteiger partial charge in [-0.25, -0.2) is 5.43 Å². The molecule has 0 aromatic carbocycles. The predicted molar refractivity (Wildman–Crippen MR) is 40.4 cm³/mol. The van der Waals surface area contributed by atoms with E-state index in [2.05, 4.69) is 17.4 Å². The molecule has 1 aliphatic rings. The fourth-order valence-corrected chi connectivity index (χ4v) is 0.834. The van der Waals surface area contributed by atoms with Gasteiger partial charge in [0.1, 0.15) is 6.61 Å². The molecule has 1 unspecified atom stereocenters. The van der Waals surface area contributed by atoms with E-state index in [1.54, 1.807) is 6.92 Å². The molecule has 62 valence electrons. The molecular weight excluding hydrogens is 144 g/mol. The Hall–Kier alpha value is -1.03. The minimum Gasteiger partial charge on any atom is -0.498 e. The first kappa shape index (κ1) is 8.07. The van der Waals surface area contributed by atoms with E-state index in [9.17, 15) is 4.79 Å². The van der Waals surface area contributed by atoms with Gasteiger partial charge in [0.05, 0.1) is 11.7 Å². The van der Waals surface area contributed by atoms with Gasteiger partial charge in [-0.15, -0.1) is 0 Å². The lowest BCUT2D eigenvalue weighted by atomic mass is 10.2. The third kappa shape index (κ3) is 2.23. The van der Waals surface area contributed by atoms with Crippen LogP contribution >= 0.6 is 0 Å². The molecule has 0 saturated carbocycles. The molecule has 0 aromatic heterocycles. The van der Waals surface area contributed by atoms with Gasteiger partial charge in [-0.3, -0.25) is 10.2 Å². The van der Waals surface area contributed by atoms with E-state index in [4.69, 9.17) is 4.74 Å². The highest BCUT2D eigenvalue weighted by Crippen LogP contribution is 2.03. The average Bonchev–Trinajstić information content (AvgIpc) is 2.31. The molecule has 2 N–H and O–H groups in total. The van der Waals surface area contributed by atoms with Crippen molar-refractivity contribution in [3.63, 3.8) is 0 Å². The summed E-state index contributed by atoms with van der Waals surface area (Å²) in [6.07, 6.45) is 0. The Morgan fingerprint density at radius 1 is 1.91 bits per heavy atom. The van der Waals surface area contributed by atoms with Crippen LogP contribution < -0.4 is 10.9 Å². The van der Waals surface area contributed by atoms with Gasteiger partial charge in [0.15, 0.2) is 0 Å². The van der Waals surface area contributed by atoms with Gasteiger partial charge in [-0.2, -0.15) is 0 Å². The molecule has 0 bridgehead atoms. The summed E-state index contributed by atoms with van der Waals surface area (Å²) in [5.74, 6) is 0.558. The zero-order valence-electron chi connectivity index (χ0n) is 6.52. The Kier molecular flexibility index (Phi) is 2.48. The number of rotatable bonds is 3. The number of hydrazine groups is 1. The van der Waals surface area contributed by atoms with Crippen molar-refractivity contribution in [1.29, 1.82) is 0 Å². The second-order valence-corrected chi connectivity index (χ2v) is 2.58. The third-order valence-electron chi connectivity index (χ3n) is 1.46. The van der Waals surface area contributed by atoms with Crippen molar-refractivity contribution in [3.05, 3.63) is 12.3 Å². The Balaban J connectivity index is 2.26. The van der Waals surface area contributed by atoms with Gasteiger partial charge in [0.25, 0.3) is 0 Å². The van der Waals surface area contributed by atoms with E-state index in [0.29, 0.717) is 18.9 Å². The van der Waals surface area contributed by atoms with E-state index in [0.717, 1.165) is 0 Å². The zero-order valence-corrected chi connectivity index (χ0v) is 6.52. The fourth-order valence-electron chi connectivity index (χ4n) is 0.834. The SMILES string of the molecule is C=C(C)OCC1CNNC1=O. The van der Waals surface area contributed by atoms with Crippen molar-refractivity contribution >= 4 is 5.91 Å². The summed E-state index contributed by atoms with van der Waals surface area (Å²) in [5.41, 5.74) is 5.23. The van der Waals surface area contributed by atoms with Gasteiger partial charge >= 0.3 is 0 Å². The molecule has 0 radical (unpaired) electrons. The van der Waals surface area contributed by atoms with E-state index in [1.165, 1.54) is 0 Å². The maximum Gasteiger partial charge on any atom is 0.242 e. The van der Waals surface area contributed by atoms with Crippen LogP contribution in [-0.2, 0) is 9.53 Å². The summed E-state index contributed by atoms with van der Waals surface area (Å²) in [6, 6.07) is 0. The highest BCUT2D eigenvalue weighted by atomic mass is 16.5. The second-order valence-electron chi connectivity index (χ2n) is 2.58. The number of carbonyl (C=O) groups is 1. The first-order valence-corrected chi connectivity index (χ1v) is 3.51. The largest absolute Gasteiger partial charge is 0.498 e. The van der Waals surface area contributed by atoms with Crippen molar-refractivity contribution in [2.75, 3.05) is 13.2 Å². The number of hydrogen-bond acceptors (Lipinski definition) is 3. The fraction of sp³-hybridized carbons (Fsp3) is 0.571. The molecule has 11 heavy (non-hydrogen) atoms. The standard InChI is InChI=1S/C7H12N2O2/c1-5(2)11-4-6-3-8-9-7(6)10/h6,8H,1,3-4H2,2H3,(H,9,10). The van der Waals surface area contributed by atoms with Crippen LogP contribution in [0.2, 0.25) is 0 Å². The molecule has 4 heteroatoms. The lowest BCUT2D eigenvalue weighted by Gasteiger charge is -2.07. The van der Waals surface area contributed by atoms with Crippen molar-refractivity contribution < 1.29 is 9.53 Å². The number of amides is 1. The number of nitrogens with one attached hydrogen (secondary N) is 2. The number of hydrogen-bond donors (Lipinski definition) is 2. The number of ether oxygens (including phenoxy) is 1. The Morgan fingerprint density at radius 2 is 2.64 bits per heavy atom. The van der Waals surface area contributed by atoms with Crippen LogP contribution in [0.4, 0.5) is 0 Å². The lowest BCUT2D eigenvalue weighted by molar-refractivity contribution is -0.123. The third-order valence-corrected chi connectivity index (χ3v) is 1.46. The molecule has 1 aliphatic heterocycles. The Morgan fingerprint density at radius 3 is 3.09 bits per heavy atom. The molecule has 1 rings (SSSR count). The molecule has 0 spiro atoms. The van der Waals surface area contributed by atoms with Gasteiger partial charge in [-0.05, 0) is 6.92 Å². The van der Waals surface area contributed by atoms with Gasteiger partial charge in [-0.1, -0.05) is 6.58 Å². The Bertz CT molecular complexity index is 179. The minimum absolute atomic E-state index is 0.00810. The quantitative estimate of drug-likeness (QED) is 0.556.